The maximum Gasteiger partial charge on any atom is 0.220 e. The summed E-state index contributed by atoms with van der Waals surface area (Å²) in [5.74, 6) is -0.174. The first-order valence-electron chi connectivity index (χ1n) is 17.9. The highest BCUT2D eigenvalue weighted by Crippen LogP contribution is 2.32. The molecule has 6 rings (SSSR count). The molecule has 48 heavy (non-hydrogen) atoms. The molecule has 0 atom stereocenters. The highest BCUT2D eigenvalue weighted by atomic mass is 16.5. The Hall–Kier alpha value is -4.08. The largest absolute Gasteiger partial charge is 0.381 e. The fraction of sp³-hybridized carbons (Fsp3) is 0.487. The minimum absolute atomic E-state index is 0.0259. The third-order valence-corrected chi connectivity index (χ3v) is 9.87. The Balaban J connectivity index is 1.12. The zero-order valence-electron chi connectivity index (χ0n) is 28.8. The monoisotopic (exact) mass is 650 g/mol. The minimum atomic E-state index is -0.149. The minimum Gasteiger partial charge on any atom is -0.381 e. The van der Waals surface area contributed by atoms with Crippen molar-refractivity contribution in [3.8, 4) is 11.1 Å². The number of piperidine rings is 1. The summed E-state index contributed by atoms with van der Waals surface area (Å²) in [7, 11) is 0. The van der Waals surface area contributed by atoms with Crippen molar-refractivity contribution < 1.29 is 14.3 Å². The van der Waals surface area contributed by atoms with Gasteiger partial charge in [-0.1, -0.05) is 43.7 Å². The first-order valence-corrected chi connectivity index (χ1v) is 17.9. The number of likely N-dealkylation sites (tertiary alicyclic amines) is 1. The van der Waals surface area contributed by atoms with E-state index in [4.69, 9.17) is 9.72 Å². The van der Waals surface area contributed by atoms with E-state index in [9.17, 15) is 9.59 Å². The van der Waals surface area contributed by atoms with Crippen molar-refractivity contribution in [1.82, 2.24) is 25.0 Å². The van der Waals surface area contributed by atoms with Crippen molar-refractivity contribution in [2.45, 2.75) is 97.8 Å². The Morgan fingerprint density at radius 1 is 1.00 bits per heavy atom. The molecule has 1 amide bonds. The van der Waals surface area contributed by atoms with E-state index >= 15 is 0 Å². The van der Waals surface area contributed by atoms with Gasteiger partial charge in [-0.15, -0.1) is 0 Å². The van der Waals surface area contributed by atoms with Gasteiger partial charge in [0.25, 0.3) is 0 Å². The summed E-state index contributed by atoms with van der Waals surface area (Å²) >= 11 is 0. The van der Waals surface area contributed by atoms with Gasteiger partial charge >= 0.3 is 0 Å². The van der Waals surface area contributed by atoms with Crippen LogP contribution in [0.1, 0.15) is 91.5 Å². The molecule has 0 bridgehead atoms. The molecule has 0 unspecified atom stereocenters. The van der Waals surface area contributed by atoms with E-state index in [2.05, 4.69) is 65.7 Å². The van der Waals surface area contributed by atoms with Crippen LogP contribution in [-0.4, -0.2) is 63.7 Å². The van der Waals surface area contributed by atoms with Crippen LogP contribution in [0.5, 0.6) is 0 Å². The Bertz CT molecular complexity index is 1740. The van der Waals surface area contributed by atoms with E-state index in [0.29, 0.717) is 12.1 Å². The van der Waals surface area contributed by atoms with Gasteiger partial charge < -0.3 is 15.4 Å². The van der Waals surface area contributed by atoms with Crippen molar-refractivity contribution in [3.05, 3.63) is 76.6 Å². The first kappa shape index (κ1) is 33.8. The van der Waals surface area contributed by atoms with Crippen molar-refractivity contribution in [2.24, 2.45) is 0 Å². The molecular weight excluding hydrogens is 600 g/mol. The van der Waals surface area contributed by atoms with Crippen molar-refractivity contribution >= 4 is 28.4 Å². The van der Waals surface area contributed by atoms with E-state index in [1.165, 1.54) is 24.8 Å². The van der Waals surface area contributed by atoms with Gasteiger partial charge in [0.05, 0.1) is 17.3 Å². The Morgan fingerprint density at radius 3 is 2.58 bits per heavy atom. The summed E-state index contributed by atoms with van der Waals surface area (Å²) in [6, 6.07) is 14.9. The van der Waals surface area contributed by atoms with Crippen molar-refractivity contribution in [2.75, 3.05) is 31.6 Å². The fourth-order valence-electron chi connectivity index (χ4n) is 7.07. The van der Waals surface area contributed by atoms with Crippen LogP contribution in [-0.2, 0) is 35.6 Å². The average molecular weight is 651 g/mol. The van der Waals surface area contributed by atoms with E-state index in [-0.39, 0.29) is 30.6 Å². The predicted molar refractivity (Wildman–Crippen MR) is 191 cm³/mol. The van der Waals surface area contributed by atoms with Crippen LogP contribution in [0.25, 0.3) is 22.2 Å². The van der Waals surface area contributed by atoms with Crippen LogP contribution >= 0.6 is 0 Å². The molecule has 2 saturated heterocycles. The summed E-state index contributed by atoms with van der Waals surface area (Å²) in [4.78, 5) is 34.0. The van der Waals surface area contributed by atoms with Gasteiger partial charge in [-0.3, -0.25) is 14.5 Å². The molecule has 2 aromatic carbocycles. The smallest absolute Gasteiger partial charge is 0.220 e. The fourth-order valence-corrected chi connectivity index (χ4v) is 7.07. The lowest BCUT2D eigenvalue weighted by atomic mass is 9.94. The maximum atomic E-state index is 13.4. The van der Waals surface area contributed by atoms with E-state index < -0.39 is 0 Å². The number of aromatic nitrogens is 3. The van der Waals surface area contributed by atoms with E-state index in [1.807, 2.05) is 29.1 Å². The molecule has 0 saturated carbocycles. The molecule has 2 aliphatic rings. The molecule has 4 aromatic rings. The van der Waals surface area contributed by atoms with Crippen molar-refractivity contribution in [3.63, 3.8) is 0 Å². The number of pyridine rings is 1. The number of fused-ring (bicyclic) bond motifs is 1. The average Bonchev–Trinajstić information content (AvgIpc) is 3.54. The first-order chi connectivity index (χ1) is 23.4. The number of amides is 1. The van der Waals surface area contributed by atoms with Crippen LogP contribution < -0.4 is 10.6 Å². The normalized spacial score (nSPS) is 15.9. The van der Waals surface area contributed by atoms with Gasteiger partial charge in [0.15, 0.2) is 11.4 Å². The summed E-state index contributed by atoms with van der Waals surface area (Å²) in [5.41, 5.74) is 9.04. The van der Waals surface area contributed by atoms with Gasteiger partial charge in [-0.2, -0.15) is 5.10 Å². The zero-order chi connectivity index (χ0) is 33.5. The molecular formula is C39H50N6O3. The number of rotatable bonds is 13. The van der Waals surface area contributed by atoms with Gasteiger partial charge in [0, 0.05) is 68.6 Å². The number of carbonyl (C=O) groups is 2. The third kappa shape index (κ3) is 7.96. The molecule has 0 aliphatic carbocycles. The molecule has 9 heteroatoms. The second-order valence-electron chi connectivity index (χ2n) is 13.3. The molecule has 0 radical (unpaired) electrons. The lowest BCUT2D eigenvalue weighted by Crippen LogP contribution is -2.30. The highest BCUT2D eigenvalue weighted by Gasteiger charge is 2.22. The Kier molecular flexibility index (Phi) is 11.2. The number of ether oxygens (including phenoxy) is 1. The molecule has 2 N–H and O–H groups in total. The van der Waals surface area contributed by atoms with Crippen LogP contribution in [0.3, 0.4) is 0 Å². The lowest BCUT2D eigenvalue weighted by molar-refractivity contribution is -0.121. The summed E-state index contributed by atoms with van der Waals surface area (Å²) in [6.07, 6.45) is 8.59. The van der Waals surface area contributed by atoms with Gasteiger partial charge in [0.2, 0.25) is 5.91 Å². The Labute approximate surface area is 284 Å². The zero-order valence-corrected chi connectivity index (χ0v) is 28.8. The number of aryl methyl sites for hydroxylation is 3. The van der Waals surface area contributed by atoms with Crippen LogP contribution in [0.4, 0.5) is 5.69 Å². The molecule has 2 aliphatic heterocycles. The number of nitrogens with zero attached hydrogens (tertiary/aromatic N) is 4. The molecule has 0 spiro atoms. The number of anilines is 1. The number of hydrogen-bond donors (Lipinski definition) is 2. The quantitative estimate of drug-likeness (QED) is 0.153. The lowest BCUT2D eigenvalue weighted by Gasteiger charge is -2.26. The SMILES string of the molecule is CCc1nc2c(cnn2CC)c(NC2CCOCC2)c1CNC(=O)CCC(=O)c1ccc(C)c(-c2cccc(CN3CCCCC3)c2)c1. The van der Waals surface area contributed by atoms with Crippen molar-refractivity contribution in [1.29, 1.82) is 0 Å². The number of nitrogens with one attached hydrogen (secondary N) is 2. The highest BCUT2D eigenvalue weighted by molar-refractivity contribution is 5.99. The van der Waals surface area contributed by atoms with E-state index in [1.54, 1.807) is 0 Å². The topological polar surface area (TPSA) is 101 Å². The molecule has 4 heterocycles. The number of ketones is 1. The molecule has 2 aromatic heterocycles. The second-order valence-corrected chi connectivity index (χ2v) is 13.3. The van der Waals surface area contributed by atoms with Crippen LogP contribution in [0.2, 0.25) is 0 Å². The van der Waals surface area contributed by atoms with E-state index in [0.717, 1.165) is 103 Å². The van der Waals surface area contributed by atoms with Gasteiger partial charge in [-0.25, -0.2) is 9.67 Å². The maximum absolute atomic E-state index is 13.4. The standard InChI is InChI=1S/C39H50N6O3/c1-4-35-33(38(42-31-16-20-48-21-17-31)34-25-41-45(5-2)39(34)43-35)24-40-37(47)15-14-36(46)30-13-12-27(3)32(23-30)29-11-9-10-28(22-29)26-44-18-7-6-8-19-44/h9-13,22-23,25,31H,4-8,14-21,24,26H2,1-3H3,(H,40,47)(H,42,43). The number of carbonyl (C=O) groups excluding carboxylic acids is 2. The summed E-state index contributed by atoms with van der Waals surface area (Å²) < 4.78 is 7.51. The third-order valence-electron chi connectivity index (χ3n) is 9.87. The number of benzene rings is 2. The second kappa shape index (κ2) is 15.9. The predicted octanol–water partition coefficient (Wildman–Crippen LogP) is 6.85. The summed E-state index contributed by atoms with van der Waals surface area (Å²) in [6.45, 7) is 12.0. The van der Waals surface area contributed by atoms with Crippen LogP contribution in [0.15, 0.2) is 48.7 Å². The Morgan fingerprint density at radius 2 is 1.81 bits per heavy atom. The molecule has 254 valence electrons. The molecule has 2 fully saturated rings. The number of Topliss-reactive ketones (excluding diaryl/α,β-unsaturated/α-hetero) is 1. The summed E-state index contributed by atoms with van der Waals surface area (Å²) in [5, 5.41) is 12.4. The number of hydrogen-bond acceptors (Lipinski definition) is 7. The molecule has 9 nitrogen and oxygen atoms in total. The van der Waals surface area contributed by atoms with Gasteiger partial charge in [0.1, 0.15) is 0 Å². The van der Waals surface area contributed by atoms with Gasteiger partial charge in [-0.05, 0) is 93.4 Å². The van der Waals surface area contributed by atoms with Crippen LogP contribution in [0, 0.1) is 6.92 Å².